The predicted molar refractivity (Wildman–Crippen MR) is 136 cm³/mol. The minimum Gasteiger partial charge on any atom is -0.381 e. The van der Waals surface area contributed by atoms with Crippen LogP contribution in [0.25, 0.3) is 0 Å². The Balaban J connectivity index is 1.66. The van der Waals surface area contributed by atoms with Crippen LogP contribution in [0.15, 0.2) is 42.5 Å². The average Bonchev–Trinajstić information content (AvgIpc) is 2.81. The lowest BCUT2D eigenvalue weighted by molar-refractivity contribution is -0.137. The van der Waals surface area contributed by atoms with Gasteiger partial charge in [-0.3, -0.25) is 0 Å². The normalized spacial score (nSPS) is 24.6. The van der Waals surface area contributed by atoms with E-state index >= 15 is 0 Å². The quantitative estimate of drug-likeness (QED) is 0.419. The summed E-state index contributed by atoms with van der Waals surface area (Å²) in [6.45, 7) is 6.09. The van der Waals surface area contributed by atoms with E-state index in [9.17, 15) is 18.0 Å². The number of hydrogen-bond donors (Lipinski definition) is 3. The summed E-state index contributed by atoms with van der Waals surface area (Å²) in [4.78, 5) is 14.0. The molecule has 3 N–H and O–H groups in total. The number of carbonyl (C=O) groups excluding carboxylic acids is 1. The summed E-state index contributed by atoms with van der Waals surface area (Å²) in [5.41, 5.74) is 0.946. The van der Waals surface area contributed by atoms with E-state index in [4.69, 9.17) is 0 Å². The molecule has 1 aromatic rings. The number of nitrogens with zero attached hydrogens (tertiary/aromatic N) is 1. The number of halogens is 3. The molecule has 5 nitrogen and oxygen atoms in total. The van der Waals surface area contributed by atoms with Crippen molar-refractivity contribution >= 4 is 11.7 Å². The molecule has 0 aromatic heterocycles. The summed E-state index contributed by atoms with van der Waals surface area (Å²) in [6.07, 6.45) is 6.76. The predicted octanol–water partition coefficient (Wildman–Crippen LogP) is 5.63. The molecule has 5 atom stereocenters. The smallest absolute Gasteiger partial charge is 0.381 e. The number of anilines is 1. The van der Waals surface area contributed by atoms with Gasteiger partial charge in [0.05, 0.1) is 5.56 Å². The fourth-order valence-corrected chi connectivity index (χ4v) is 5.10. The van der Waals surface area contributed by atoms with Gasteiger partial charge in [0.15, 0.2) is 0 Å². The summed E-state index contributed by atoms with van der Waals surface area (Å²) in [5.74, 6) is 0.724. The standard InChI is InChI=1S/C27H39F3N4O/c1-18(17-32-26(35)31-14-15-34(3)4)10-12-22-19(2)23-16-21(27(28,29)30)11-13-24(23)33-25(22)20-8-6-5-7-9-20/h5-8,11,13,16,18-20,22,25,33H,9-10,12,14-15,17H2,1-4H3,(H2,31,32,35)/t18-,19?,20?,22-,25+/m1/s1. The molecule has 0 saturated carbocycles. The summed E-state index contributed by atoms with van der Waals surface area (Å²) in [5, 5.41) is 9.39. The number of amides is 2. The van der Waals surface area contributed by atoms with Gasteiger partial charge in [-0.2, -0.15) is 13.2 Å². The van der Waals surface area contributed by atoms with Gasteiger partial charge in [-0.1, -0.05) is 38.2 Å². The molecule has 0 fully saturated rings. The molecule has 8 heteroatoms. The van der Waals surface area contributed by atoms with E-state index in [-0.39, 0.29) is 29.8 Å². The molecule has 0 bridgehead atoms. The van der Waals surface area contributed by atoms with Gasteiger partial charge < -0.3 is 20.9 Å². The Kier molecular flexibility index (Phi) is 9.27. The Bertz CT molecular complexity index is 912. The summed E-state index contributed by atoms with van der Waals surface area (Å²) >= 11 is 0. The van der Waals surface area contributed by atoms with Crippen molar-refractivity contribution in [1.29, 1.82) is 0 Å². The molecule has 3 rings (SSSR count). The van der Waals surface area contributed by atoms with Gasteiger partial charge in [0.2, 0.25) is 0 Å². The summed E-state index contributed by atoms with van der Waals surface area (Å²) < 4.78 is 40.2. The second-order valence-corrected chi connectivity index (χ2v) is 10.3. The summed E-state index contributed by atoms with van der Waals surface area (Å²) in [6, 6.07) is 4.04. The Labute approximate surface area is 207 Å². The van der Waals surface area contributed by atoms with E-state index in [2.05, 4.69) is 48.0 Å². The number of carbonyl (C=O) groups is 1. The van der Waals surface area contributed by atoms with E-state index in [1.807, 2.05) is 25.1 Å². The van der Waals surface area contributed by atoms with Crippen molar-refractivity contribution in [1.82, 2.24) is 15.5 Å². The zero-order valence-corrected chi connectivity index (χ0v) is 21.2. The maximum Gasteiger partial charge on any atom is 0.416 e. The molecule has 194 valence electrons. The number of likely N-dealkylation sites (N-methyl/N-ethyl adjacent to an activating group) is 1. The molecular formula is C27H39F3N4O. The Morgan fingerprint density at radius 1 is 1.23 bits per heavy atom. The zero-order chi connectivity index (χ0) is 25.6. The van der Waals surface area contributed by atoms with Crippen LogP contribution >= 0.6 is 0 Å². The van der Waals surface area contributed by atoms with Gasteiger partial charge in [0, 0.05) is 37.3 Å². The number of nitrogens with one attached hydrogen (secondary N) is 3. The van der Waals surface area contributed by atoms with E-state index < -0.39 is 11.7 Å². The van der Waals surface area contributed by atoms with E-state index in [0.717, 1.165) is 37.1 Å². The monoisotopic (exact) mass is 492 g/mol. The highest BCUT2D eigenvalue weighted by Gasteiger charge is 2.39. The molecule has 1 heterocycles. The largest absolute Gasteiger partial charge is 0.416 e. The molecule has 1 aliphatic carbocycles. The van der Waals surface area contributed by atoms with E-state index in [1.54, 1.807) is 6.07 Å². The van der Waals surface area contributed by atoms with Crippen LogP contribution in [0.4, 0.5) is 23.7 Å². The van der Waals surface area contributed by atoms with Crippen LogP contribution in [0.1, 0.15) is 50.2 Å². The van der Waals surface area contributed by atoms with Gasteiger partial charge >= 0.3 is 12.2 Å². The van der Waals surface area contributed by atoms with Crippen molar-refractivity contribution in [3.63, 3.8) is 0 Å². The SMILES string of the molecule is CC1c2cc(C(F)(F)F)ccc2N[C@@H](C2C=CC=CC2)[C@@H]1CC[C@@H](C)CNC(=O)NCCN(C)C. The lowest BCUT2D eigenvalue weighted by Gasteiger charge is -2.43. The van der Waals surface area contributed by atoms with Crippen LogP contribution in [0.3, 0.4) is 0 Å². The molecule has 0 saturated heterocycles. The molecule has 2 unspecified atom stereocenters. The molecule has 1 aromatic carbocycles. The Morgan fingerprint density at radius 2 is 2.00 bits per heavy atom. The third-order valence-corrected chi connectivity index (χ3v) is 7.22. The number of rotatable bonds is 9. The van der Waals surface area contributed by atoms with E-state index in [1.165, 1.54) is 12.1 Å². The first-order chi connectivity index (χ1) is 16.6. The van der Waals surface area contributed by atoms with Gasteiger partial charge in [0.25, 0.3) is 0 Å². The third-order valence-electron chi connectivity index (χ3n) is 7.22. The molecule has 35 heavy (non-hydrogen) atoms. The maximum atomic E-state index is 13.4. The van der Waals surface area contributed by atoms with Crippen molar-refractivity contribution in [2.45, 2.75) is 51.2 Å². The number of benzene rings is 1. The van der Waals surface area contributed by atoms with Crippen LogP contribution in [-0.4, -0.2) is 50.7 Å². The zero-order valence-electron chi connectivity index (χ0n) is 21.2. The van der Waals surface area contributed by atoms with Crippen molar-refractivity contribution in [3.8, 4) is 0 Å². The third kappa shape index (κ3) is 7.50. The molecule has 0 radical (unpaired) electrons. The van der Waals surface area contributed by atoms with Crippen LogP contribution in [0, 0.1) is 17.8 Å². The fourth-order valence-electron chi connectivity index (χ4n) is 5.10. The highest BCUT2D eigenvalue weighted by Crippen LogP contribution is 2.45. The van der Waals surface area contributed by atoms with Crippen molar-refractivity contribution in [2.24, 2.45) is 17.8 Å². The van der Waals surface area contributed by atoms with Gasteiger partial charge in [-0.25, -0.2) is 4.79 Å². The molecule has 2 amide bonds. The highest BCUT2D eigenvalue weighted by molar-refractivity contribution is 5.73. The van der Waals surface area contributed by atoms with E-state index in [0.29, 0.717) is 19.0 Å². The number of urea groups is 1. The number of allylic oxidation sites excluding steroid dienone is 3. The van der Waals surface area contributed by atoms with Crippen LogP contribution in [-0.2, 0) is 6.18 Å². The minimum absolute atomic E-state index is 0.00709. The van der Waals surface area contributed by atoms with Crippen LogP contribution in [0.2, 0.25) is 0 Å². The molecule has 0 spiro atoms. The number of hydrogen-bond acceptors (Lipinski definition) is 3. The highest BCUT2D eigenvalue weighted by atomic mass is 19.4. The first-order valence-corrected chi connectivity index (χ1v) is 12.5. The van der Waals surface area contributed by atoms with Crippen LogP contribution < -0.4 is 16.0 Å². The lowest BCUT2D eigenvalue weighted by Crippen LogP contribution is -2.43. The van der Waals surface area contributed by atoms with Gasteiger partial charge in [-0.15, -0.1) is 0 Å². The second kappa shape index (κ2) is 12.0. The molecule has 1 aliphatic heterocycles. The topological polar surface area (TPSA) is 56.4 Å². The Morgan fingerprint density at radius 3 is 2.66 bits per heavy atom. The lowest BCUT2D eigenvalue weighted by atomic mass is 9.70. The van der Waals surface area contributed by atoms with Crippen molar-refractivity contribution in [3.05, 3.63) is 53.6 Å². The minimum atomic E-state index is -4.36. The Hall–Kier alpha value is -2.48. The first kappa shape index (κ1) is 27.1. The summed E-state index contributed by atoms with van der Waals surface area (Å²) in [7, 11) is 3.91. The van der Waals surface area contributed by atoms with Crippen molar-refractivity contribution in [2.75, 3.05) is 39.0 Å². The molecule has 2 aliphatic rings. The van der Waals surface area contributed by atoms with Crippen molar-refractivity contribution < 1.29 is 18.0 Å². The maximum absolute atomic E-state index is 13.4. The average molecular weight is 493 g/mol. The first-order valence-electron chi connectivity index (χ1n) is 12.5. The number of fused-ring (bicyclic) bond motifs is 1. The van der Waals surface area contributed by atoms with Crippen LogP contribution in [0.5, 0.6) is 0 Å². The molecular weight excluding hydrogens is 453 g/mol. The second-order valence-electron chi connectivity index (χ2n) is 10.3. The van der Waals surface area contributed by atoms with Gasteiger partial charge in [-0.05, 0) is 74.9 Å². The fraction of sp³-hybridized carbons (Fsp3) is 0.593. The number of alkyl halides is 3. The van der Waals surface area contributed by atoms with Gasteiger partial charge in [0.1, 0.15) is 0 Å².